The molecule has 0 aliphatic rings. The summed E-state index contributed by atoms with van der Waals surface area (Å²) in [4.78, 5) is 2.36. The van der Waals surface area contributed by atoms with Gasteiger partial charge < -0.3 is 4.42 Å². The lowest BCUT2D eigenvalue weighted by Crippen LogP contribution is -1.80. The van der Waals surface area contributed by atoms with E-state index in [4.69, 9.17) is 4.42 Å². The van der Waals surface area contributed by atoms with Crippen LogP contribution in [0.2, 0.25) is 0 Å². The van der Waals surface area contributed by atoms with Crippen molar-refractivity contribution in [2.24, 2.45) is 0 Å². The average Bonchev–Trinajstić information content (AvgIpc) is 2.90. The summed E-state index contributed by atoms with van der Waals surface area (Å²) in [6, 6.07) is 20.5. The van der Waals surface area contributed by atoms with Gasteiger partial charge in [-0.1, -0.05) is 42.1 Å². The third kappa shape index (κ3) is 2.39. The van der Waals surface area contributed by atoms with Gasteiger partial charge in [0.2, 0.25) is 0 Å². The van der Waals surface area contributed by atoms with Gasteiger partial charge in [0, 0.05) is 29.5 Å². The molecular weight excluding hydrogens is 424 g/mol. The predicted molar refractivity (Wildman–Crippen MR) is 99.7 cm³/mol. The number of hydrogen-bond donors (Lipinski definition) is 0. The van der Waals surface area contributed by atoms with Crippen LogP contribution >= 0.6 is 43.6 Å². The molecule has 0 saturated heterocycles. The van der Waals surface area contributed by atoms with Crippen molar-refractivity contribution in [2.75, 3.05) is 0 Å². The molecule has 0 unspecified atom stereocenters. The zero-order valence-electron chi connectivity index (χ0n) is 11.3. The lowest BCUT2D eigenvalue weighted by molar-refractivity contribution is 0.668. The quantitative estimate of drug-likeness (QED) is 0.330. The molecule has 0 fully saturated rings. The van der Waals surface area contributed by atoms with E-state index in [2.05, 4.69) is 56.1 Å². The van der Waals surface area contributed by atoms with Crippen LogP contribution in [0.25, 0.3) is 21.9 Å². The van der Waals surface area contributed by atoms with Gasteiger partial charge in [0.15, 0.2) is 0 Å². The van der Waals surface area contributed by atoms with Gasteiger partial charge in [-0.15, -0.1) is 0 Å². The molecule has 4 aromatic rings. The molecule has 0 N–H and O–H groups in total. The van der Waals surface area contributed by atoms with Crippen LogP contribution in [0.1, 0.15) is 0 Å². The van der Waals surface area contributed by atoms with E-state index in [0.29, 0.717) is 0 Å². The van der Waals surface area contributed by atoms with Gasteiger partial charge in [-0.2, -0.15) is 0 Å². The fraction of sp³-hybridized carbons (Fsp3) is 0. The largest absolute Gasteiger partial charge is 0.456 e. The zero-order chi connectivity index (χ0) is 15.1. The van der Waals surface area contributed by atoms with Crippen molar-refractivity contribution in [1.82, 2.24) is 0 Å². The van der Waals surface area contributed by atoms with Gasteiger partial charge in [0.25, 0.3) is 0 Å². The highest BCUT2D eigenvalue weighted by molar-refractivity contribution is 9.11. The monoisotopic (exact) mass is 432 g/mol. The number of rotatable bonds is 2. The first-order valence-electron chi connectivity index (χ1n) is 6.76. The molecule has 4 heteroatoms. The summed E-state index contributed by atoms with van der Waals surface area (Å²) >= 11 is 9.01. The molecule has 3 aromatic carbocycles. The van der Waals surface area contributed by atoms with Crippen LogP contribution in [0, 0.1) is 0 Å². The van der Waals surface area contributed by atoms with Crippen LogP contribution < -0.4 is 0 Å². The molecule has 0 saturated carbocycles. The number of furan rings is 1. The molecule has 1 nitrogen and oxygen atoms in total. The molecule has 1 aromatic heterocycles. The van der Waals surface area contributed by atoms with Crippen LogP contribution in [0.15, 0.2) is 83.8 Å². The summed E-state index contributed by atoms with van der Waals surface area (Å²) in [6.45, 7) is 0. The lowest BCUT2D eigenvalue weighted by Gasteiger charge is -2.08. The van der Waals surface area contributed by atoms with E-state index < -0.39 is 0 Å². The topological polar surface area (TPSA) is 13.1 Å². The summed E-state index contributed by atoms with van der Waals surface area (Å²) in [7, 11) is 0. The number of hydrogen-bond acceptors (Lipinski definition) is 2. The maximum atomic E-state index is 5.95. The van der Waals surface area contributed by atoms with Crippen molar-refractivity contribution in [3.63, 3.8) is 0 Å². The van der Waals surface area contributed by atoms with Crippen molar-refractivity contribution in [3.05, 3.63) is 69.6 Å². The van der Waals surface area contributed by atoms with E-state index in [-0.39, 0.29) is 0 Å². The fourth-order valence-electron chi connectivity index (χ4n) is 2.52. The van der Waals surface area contributed by atoms with E-state index in [9.17, 15) is 0 Å². The second-order valence-electron chi connectivity index (χ2n) is 4.88. The highest BCUT2D eigenvalue weighted by Crippen LogP contribution is 2.43. The minimum Gasteiger partial charge on any atom is -0.456 e. The molecule has 4 rings (SSSR count). The minimum absolute atomic E-state index is 0.925. The second-order valence-corrected chi connectivity index (χ2v) is 7.64. The van der Waals surface area contributed by atoms with E-state index in [1.54, 1.807) is 11.8 Å². The molecule has 108 valence electrons. The van der Waals surface area contributed by atoms with Gasteiger partial charge in [-0.3, -0.25) is 0 Å². The summed E-state index contributed by atoms with van der Waals surface area (Å²) in [6.07, 6.45) is 0. The lowest BCUT2D eigenvalue weighted by atomic mass is 10.1. The zero-order valence-corrected chi connectivity index (χ0v) is 15.3. The first kappa shape index (κ1) is 14.4. The molecule has 1 heterocycles. The van der Waals surface area contributed by atoms with Crippen molar-refractivity contribution in [1.29, 1.82) is 0 Å². The van der Waals surface area contributed by atoms with Crippen molar-refractivity contribution in [2.45, 2.75) is 9.79 Å². The molecule has 0 radical (unpaired) electrons. The van der Waals surface area contributed by atoms with Crippen molar-refractivity contribution in [3.8, 4) is 0 Å². The highest BCUT2D eigenvalue weighted by Gasteiger charge is 2.13. The predicted octanol–water partition coefficient (Wildman–Crippen LogP) is 7.26. The Morgan fingerprint density at radius 3 is 2.23 bits per heavy atom. The Kier molecular flexibility index (Phi) is 3.76. The van der Waals surface area contributed by atoms with E-state index in [1.165, 1.54) is 15.2 Å². The number of halogens is 2. The first-order valence-corrected chi connectivity index (χ1v) is 9.16. The SMILES string of the molecule is Brc1cccc(Br)c1Sc1cccc2oc3ccccc3c12. The van der Waals surface area contributed by atoms with Crippen molar-refractivity contribution >= 4 is 65.6 Å². The first-order chi connectivity index (χ1) is 10.7. The third-order valence-corrected chi connectivity index (χ3v) is 6.55. The Balaban J connectivity index is 1.95. The minimum atomic E-state index is 0.925. The van der Waals surface area contributed by atoms with Crippen LogP contribution in [0.4, 0.5) is 0 Å². The third-order valence-electron chi connectivity index (χ3n) is 3.50. The maximum absolute atomic E-state index is 5.95. The second kappa shape index (κ2) is 5.76. The fourth-order valence-corrected chi connectivity index (χ4v) is 5.01. The number of para-hydroxylation sites is 1. The molecule has 0 spiro atoms. The van der Waals surface area contributed by atoms with Crippen LogP contribution in [-0.2, 0) is 0 Å². The Hall–Kier alpha value is -1.23. The Morgan fingerprint density at radius 1 is 0.727 bits per heavy atom. The number of fused-ring (bicyclic) bond motifs is 3. The van der Waals surface area contributed by atoms with Crippen LogP contribution in [0.5, 0.6) is 0 Å². The summed E-state index contributed by atoms with van der Waals surface area (Å²) in [5, 5.41) is 2.33. The smallest absolute Gasteiger partial charge is 0.136 e. The van der Waals surface area contributed by atoms with Gasteiger partial charge in [-0.05, 0) is 62.2 Å². The van der Waals surface area contributed by atoms with E-state index >= 15 is 0 Å². The van der Waals surface area contributed by atoms with Crippen LogP contribution in [-0.4, -0.2) is 0 Å². The van der Waals surface area contributed by atoms with Crippen molar-refractivity contribution < 1.29 is 4.42 Å². The molecule has 0 bridgehead atoms. The van der Waals surface area contributed by atoms with Gasteiger partial charge >= 0.3 is 0 Å². The van der Waals surface area contributed by atoms with E-state index in [0.717, 1.165) is 25.5 Å². The summed E-state index contributed by atoms with van der Waals surface area (Å²) in [5.74, 6) is 0. The molecule has 0 amide bonds. The van der Waals surface area contributed by atoms with Gasteiger partial charge in [0.1, 0.15) is 11.2 Å². The van der Waals surface area contributed by atoms with E-state index in [1.807, 2.05) is 36.4 Å². The number of benzene rings is 3. The molecule has 0 aliphatic heterocycles. The Bertz CT molecular complexity index is 971. The van der Waals surface area contributed by atoms with Crippen LogP contribution in [0.3, 0.4) is 0 Å². The molecular formula is C18H10Br2OS. The summed E-state index contributed by atoms with van der Waals surface area (Å²) in [5.41, 5.74) is 1.85. The standard InChI is InChI=1S/C18H10Br2OS/c19-12-6-3-7-13(20)18(12)22-16-10-4-9-15-17(16)11-5-1-2-8-14(11)21-15/h1-10H. The summed E-state index contributed by atoms with van der Waals surface area (Å²) < 4.78 is 8.12. The Morgan fingerprint density at radius 2 is 1.41 bits per heavy atom. The van der Waals surface area contributed by atoms with Gasteiger partial charge in [-0.25, -0.2) is 0 Å². The normalized spacial score (nSPS) is 11.4. The van der Waals surface area contributed by atoms with Gasteiger partial charge in [0.05, 0.1) is 0 Å². The molecule has 0 atom stereocenters. The Labute approximate surface area is 149 Å². The highest BCUT2D eigenvalue weighted by atomic mass is 79.9. The molecule has 0 aliphatic carbocycles. The average molecular weight is 434 g/mol. The maximum Gasteiger partial charge on any atom is 0.136 e. The molecule has 22 heavy (non-hydrogen) atoms.